The molecule has 0 atom stereocenters. The molecule has 4 heteroatoms. The van der Waals surface area contributed by atoms with E-state index in [1.807, 2.05) is 42.5 Å². The largest absolute Gasteiger partial charge is 0.660 e. The summed E-state index contributed by atoms with van der Waals surface area (Å²) >= 11 is 0. The van der Waals surface area contributed by atoms with Crippen LogP contribution in [0.1, 0.15) is 30.9 Å². The van der Waals surface area contributed by atoms with E-state index in [0.717, 1.165) is 11.1 Å². The number of aromatic nitrogens is 2. The normalized spacial score (nSPS) is 11.0. The van der Waals surface area contributed by atoms with Gasteiger partial charge >= 0.3 is 0 Å². The van der Waals surface area contributed by atoms with E-state index >= 15 is 0 Å². The monoisotopic (exact) mass is 293 g/mol. The lowest BCUT2D eigenvalue weighted by Crippen LogP contribution is -2.37. The Morgan fingerprint density at radius 3 is 2.36 bits per heavy atom. The minimum atomic E-state index is 0.0910. The minimum Gasteiger partial charge on any atom is -0.660 e. The summed E-state index contributed by atoms with van der Waals surface area (Å²) in [6, 6.07) is 18.3. The summed E-state index contributed by atoms with van der Waals surface area (Å²) in [7, 11) is 0. The molecule has 0 spiro atoms. The van der Waals surface area contributed by atoms with Crippen molar-refractivity contribution >= 4 is 5.88 Å². The van der Waals surface area contributed by atoms with Crippen molar-refractivity contribution in [3.63, 3.8) is 0 Å². The van der Waals surface area contributed by atoms with E-state index in [4.69, 9.17) is 10.3 Å². The third kappa shape index (κ3) is 2.86. The quantitative estimate of drug-likeness (QED) is 0.666. The Hall–Kier alpha value is -2.62. The number of rotatable bonds is 4. The van der Waals surface area contributed by atoms with Crippen molar-refractivity contribution in [2.24, 2.45) is 0 Å². The molecule has 0 radical (unpaired) electrons. The van der Waals surface area contributed by atoms with Crippen LogP contribution in [-0.4, -0.2) is 5.27 Å². The third-order valence-corrected chi connectivity index (χ3v) is 3.73. The fourth-order valence-electron chi connectivity index (χ4n) is 2.46. The average Bonchev–Trinajstić information content (AvgIpc) is 2.89. The van der Waals surface area contributed by atoms with Crippen LogP contribution in [0.5, 0.6) is 0 Å². The molecule has 0 aliphatic rings. The van der Waals surface area contributed by atoms with Crippen molar-refractivity contribution in [3.05, 3.63) is 71.5 Å². The summed E-state index contributed by atoms with van der Waals surface area (Å²) in [6.45, 7) is 4.92. The van der Waals surface area contributed by atoms with Gasteiger partial charge in [-0.05, 0) is 28.3 Å². The van der Waals surface area contributed by atoms with Gasteiger partial charge in [-0.3, -0.25) is 0 Å². The highest BCUT2D eigenvalue weighted by Gasteiger charge is 2.21. The summed E-state index contributed by atoms with van der Waals surface area (Å²) in [5, 5.41) is 4.00. The summed E-state index contributed by atoms with van der Waals surface area (Å²) in [5.74, 6) is 0.580. The molecule has 0 fully saturated rings. The van der Waals surface area contributed by atoms with Gasteiger partial charge in [0.05, 0.1) is 5.56 Å². The van der Waals surface area contributed by atoms with Gasteiger partial charge in [0.25, 0.3) is 5.69 Å². The van der Waals surface area contributed by atoms with Crippen molar-refractivity contribution in [2.75, 3.05) is 0 Å². The third-order valence-electron chi connectivity index (χ3n) is 3.73. The first kappa shape index (κ1) is 14.3. The first-order valence-corrected chi connectivity index (χ1v) is 7.41. The zero-order valence-corrected chi connectivity index (χ0v) is 12.8. The van der Waals surface area contributed by atoms with Gasteiger partial charge in [-0.15, -0.1) is 0 Å². The molecule has 3 aromatic rings. The van der Waals surface area contributed by atoms with Crippen molar-refractivity contribution in [1.82, 2.24) is 5.27 Å². The zero-order chi connectivity index (χ0) is 15.5. The molecule has 2 aromatic carbocycles. The summed E-state index contributed by atoms with van der Waals surface area (Å²) < 4.78 is 6.82. The zero-order valence-electron chi connectivity index (χ0n) is 12.8. The highest BCUT2D eigenvalue weighted by Crippen LogP contribution is 2.27. The van der Waals surface area contributed by atoms with Crippen molar-refractivity contribution < 1.29 is 9.20 Å². The van der Waals surface area contributed by atoms with E-state index in [0.29, 0.717) is 18.2 Å². The standard InChI is InChI=1S/C18H19N3O/c1-13(2)15-8-10-16(11-9-15)17-18(19)22-20-21(17)12-14-6-4-3-5-7-14/h3-11,13,19H,12H2,1-2H3. The number of hydrogen-bond donors (Lipinski definition) is 0. The summed E-state index contributed by atoms with van der Waals surface area (Å²) in [6.07, 6.45) is 0. The fraction of sp³-hybridized carbons (Fsp3) is 0.222. The first-order chi connectivity index (χ1) is 10.6. The Bertz CT molecular complexity index is 746. The van der Waals surface area contributed by atoms with Gasteiger partial charge in [-0.1, -0.05) is 56.3 Å². The number of nitrogens with zero attached hydrogens (tertiary/aromatic N) is 2. The van der Waals surface area contributed by atoms with Crippen molar-refractivity contribution in [1.29, 1.82) is 0 Å². The van der Waals surface area contributed by atoms with Crippen LogP contribution in [0.25, 0.3) is 17.0 Å². The van der Waals surface area contributed by atoms with Crippen LogP contribution in [0.3, 0.4) is 0 Å². The predicted molar refractivity (Wildman–Crippen MR) is 85.7 cm³/mol. The maximum absolute atomic E-state index is 7.98. The second kappa shape index (κ2) is 6.02. The summed E-state index contributed by atoms with van der Waals surface area (Å²) in [5.41, 5.74) is 12.0. The SMILES string of the molecule is CC(C)c1ccc(-c2c([NH-])on[n+]2Cc2ccccc2)cc1. The van der Waals surface area contributed by atoms with E-state index in [9.17, 15) is 0 Å². The number of benzene rings is 2. The molecule has 3 rings (SSSR count). The van der Waals surface area contributed by atoms with Crippen LogP contribution in [-0.2, 0) is 6.54 Å². The molecule has 22 heavy (non-hydrogen) atoms. The topological polar surface area (TPSA) is 53.7 Å². The molecule has 0 aliphatic heterocycles. The van der Waals surface area contributed by atoms with Crippen molar-refractivity contribution in [2.45, 2.75) is 26.3 Å². The molecular formula is C18H19N3O. The average molecular weight is 293 g/mol. The van der Waals surface area contributed by atoms with E-state index in [-0.39, 0.29) is 5.88 Å². The molecule has 0 saturated carbocycles. The minimum absolute atomic E-state index is 0.0910. The molecule has 4 nitrogen and oxygen atoms in total. The van der Waals surface area contributed by atoms with Crippen LogP contribution < -0.4 is 4.68 Å². The van der Waals surface area contributed by atoms with Gasteiger partial charge in [0.2, 0.25) is 6.54 Å². The lowest BCUT2D eigenvalue weighted by atomic mass is 10.0. The van der Waals surface area contributed by atoms with Gasteiger partial charge in [0.15, 0.2) is 5.27 Å². The molecule has 0 saturated heterocycles. The lowest BCUT2D eigenvalue weighted by molar-refractivity contribution is -0.745. The molecule has 112 valence electrons. The molecule has 1 heterocycles. The van der Waals surface area contributed by atoms with E-state index < -0.39 is 0 Å². The van der Waals surface area contributed by atoms with E-state index in [2.05, 4.69) is 31.3 Å². The predicted octanol–water partition coefficient (Wildman–Crippen LogP) is 4.48. The van der Waals surface area contributed by atoms with Crippen LogP contribution in [0.4, 0.5) is 5.88 Å². The molecule has 1 N–H and O–H groups in total. The molecule has 0 unspecified atom stereocenters. The molecule has 0 bridgehead atoms. The molecule has 0 amide bonds. The highest BCUT2D eigenvalue weighted by atomic mass is 16.5. The van der Waals surface area contributed by atoms with Crippen LogP contribution in [0.2, 0.25) is 0 Å². The smallest absolute Gasteiger partial charge is 0.265 e. The van der Waals surface area contributed by atoms with Crippen LogP contribution >= 0.6 is 0 Å². The van der Waals surface area contributed by atoms with Gasteiger partial charge in [-0.2, -0.15) is 0 Å². The van der Waals surface area contributed by atoms with E-state index in [1.54, 1.807) is 4.68 Å². The Kier molecular flexibility index (Phi) is 3.92. The number of nitrogens with one attached hydrogen (secondary N) is 1. The van der Waals surface area contributed by atoms with Gasteiger partial charge < -0.3 is 10.3 Å². The van der Waals surface area contributed by atoms with Gasteiger partial charge in [0, 0.05) is 5.56 Å². The van der Waals surface area contributed by atoms with Crippen LogP contribution in [0.15, 0.2) is 59.1 Å². The molecule has 1 aromatic heterocycles. The second-order valence-corrected chi connectivity index (χ2v) is 5.67. The fourth-order valence-corrected chi connectivity index (χ4v) is 2.46. The highest BCUT2D eigenvalue weighted by molar-refractivity contribution is 5.67. The lowest BCUT2D eigenvalue weighted by Gasteiger charge is -2.05. The summed E-state index contributed by atoms with van der Waals surface area (Å²) in [4.78, 5) is 0. The maximum atomic E-state index is 7.98. The molecule has 0 aliphatic carbocycles. The van der Waals surface area contributed by atoms with E-state index in [1.165, 1.54) is 5.56 Å². The van der Waals surface area contributed by atoms with Gasteiger partial charge in [-0.25, -0.2) is 0 Å². The Morgan fingerprint density at radius 2 is 1.73 bits per heavy atom. The Labute approximate surface area is 130 Å². The van der Waals surface area contributed by atoms with Crippen LogP contribution in [0, 0.1) is 0 Å². The Morgan fingerprint density at radius 1 is 1.05 bits per heavy atom. The van der Waals surface area contributed by atoms with Crippen molar-refractivity contribution in [3.8, 4) is 11.3 Å². The van der Waals surface area contributed by atoms with Gasteiger partial charge in [0.1, 0.15) is 5.88 Å². The maximum Gasteiger partial charge on any atom is 0.265 e. The Balaban J connectivity index is 1.95. The second-order valence-electron chi connectivity index (χ2n) is 5.67. The number of hydrogen-bond acceptors (Lipinski definition) is 2. The molecular weight excluding hydrogens is 274 g/mol. The first-order valence-electron chi connectivity index (χ1n) is 7.41.